The van der Waals surface area contributed by atoms with Crippen LogP contribution in [0.2, 0.25) is 0 Å². The van der Waals surface area contributed by atoms with E-state index in [4.69, 9.17) is 24.4 Å². The zero-order chi connectivity index (χ0) is 8.62. The van der Waals surface area contributed by atoms with Gasteiger partial charge < -0.3 is 19.8 Å². The molecule has 0 bridgehead atoms. The van der Waals surface area contributed by atoms with E-state index < -0.39 is 7.82 Å². The lowest BCUT2D eigenvalue weighted by Crippen LogP contribution is -1.71. The van der Waals surface area contributed by atoms with Gasteiger partial charge in [0.15, 0.2) is 0 Å². The van der Waals surface area contributed by atoms with Gasteiger partial charge in [0.05, 0.1) is 0 Å². The fourth-order valence-corrected chi connectivity index (χ4v) is 0.0913. The third-order valence-corrected chi connectivity index (χ3v) is 0.333. The second-order valence-corrected chi connectivity index (χ2v) is 2.34. The van der Waals surface area contributed by atoms with Crippen molar-refractivity contribution in [3.63, 3.8) is 0 Å². The predicted octanol–water partition coefficient (Wildman–Crippen LogP) is -0.374. The first-order chi connectivity index (χ1) is 4.41. The van der Waals surface area contributed by atoms with Gasteiger partial charge in [-0.05, 0) is 6.42 Å². The Morgan fingerprint density at radius 2 is 1.70 bits per heavy atom. The number of hydrogen-bond donors (Lipinski definition) is 4. The molecule has 62 valence electrons. The fraction of sp³-hybridized carbons (Fsp3) is 0.500. The van der Waals surface area contributed by atoms with Crippen LogP contribution in [0.25, 0.3) is 0 Å². The number of aliphatic hydroxyl groups excluding tert-OH is 1. The highest BCUT2D eigenvalue weighted by Crippen LogP contribution is 2.25. The monoisotopic (exact) mass is 170 g/mol. The molecule has 10 heavy (non-hydrogen) atoms. The Hall–Kier alpha value is -0.190. The molecule has 0 aromatic carbocycles. The van der Waals surface area contributed by atoms with E-state index >= 15 is 0 Å². The standard InChI is InChI=1S/C4H8O.H3O4P/c1-2-3-4-5;1-5(2,3)4/h2,5H,1,3-4H2;(H3,1,2,3,4). The van der Waals surface area contributed by atoms with Gasteiger partial charge in [-0.2, -0.15) is 0 Å². The molecule has 0 saturated carbocycles. The summed E-state index contributed by atoms with van der Waals surface area (Å²) in [6, 6.07) is 0. The lowest BCUT2D eigenvalue weighted by atomic mass is 10.5. The number of phosphoric acid groups is 1. The first-order valence-electron chi connectivity index (χ1n) is 2.42. The quantitative estimate of drug-likeness (QED) is 0.334. The van der Waals surface area contributed by atoms with Crippen molar-refractivity contribution in [2.24, 2.45) is 0 Å². The summed E-state index contributed by atoms with van der Waals surface area (Å²) in [5.41, 5.74) is 0. The van der Waals surface area contributed by atoms with Crippen LogP contribution in [-0.4, -0.2) is 26.4 Å². The minimum Gasteiger partial charge on any atom is -0.396 e. The van der Waals surface area contributed by atoms with Crippen LogP contribution in [0.4, 0.5) is 0 Å². The summed E-state index contributed by atoms with van der Waals surface area (Å²) >= 11 is 0. The van der Waals surface area contributed by atoms with E-state index in [0.717, 1.165) is 0 Å². The largest absolute Gasteiger partial charge is 0.466 e. The summed E-state index contributed by atoms with van der Waals surface area (Å²) in [5, 5.41) is 8.00. The lowest BCUT2D eigenvalue weighted by Gasteiger charge is -1.82. The smallest absolute Gasteiger partial charge is 0.396 e. The van der Waals surface area contributed by atoms with Gasteiger partial charge in [0.1, 0.15) is 0 Å². The first-order valence-corrected chi connectivity index (χ1v) is 3.98. The summed E-state index contributed by atoms with van der Waals surface area (Å²) in [6.07, 6.45) is 2.39. The van der Waals surface area contributed by atoms with Crippen molar-refractivity contribution < 1.29 is 24.4 Å². The van der Waals surface area contributed by atoms with Gasteiger partial charge in [0.2, 0.25) is 0 Å². The topological polar surface area (TPSA) is 98.0 Å². The Bertz CT molecular complexity index is 109. The highest BCUT2D eigenvalue weighted by Gasteiger charge is 2.00. The lowest BCUT2D eigenvalue weighted by molar-refractivity contribution is 0.275. The van der Waals surface area contributed by atoms with Gasteiger partial charge in [-0.1, -0.05) is 6.08 Å². The second-order valence-electron chi connectivity index (χ2n) is 1.31. The third kappa shape index (κ3) is 111. The van der Waals surface area contributed by atoms with E-state index in [1.807, 2.05) is 0 Å². The van der Waals surface area contributed by atoms with E-state index in [1.165, 1.54) is 0 Å². The van der Waals surface area contributed by atoms with E-state index in [2.05, 4.69) is 6.58 Å². The summed E-state index contributed by atoms with van der Waals surface area (Å²) in [4.78, 5) is 21.6. The average Bonchev–Trinajstić information content (AvgIpc) is 1.63. The van der Waals surface area contributed by atoms with Crippen LogP contribution in [0.3, 0.4) is 0 Å². The molecule has 0 saturated heterocycles. The van der Waals surface area contributed by atoms with Gasteiger partial charge in [-0.3, -0.25) is 0 Å². The van der Waals surface area contributed by atoms with E-state index in [1.54, 1.807) is 6.08 Å². The van der Waals surface area contributed by atoms with Crippen molar-refractivity contribution in [3.8, 4) is 0 Å². The zero-order valence-corrected chi connectivity index (χ0v) is 6.24. The molecular weight excluding hydrogens is 159 g/mol. The summed E-state index contributed by atoms with van der Waals surface area (Å²) in [5.74, 6) is 0. The van der Waals surface area contributed by atoms with Crippen LogP contribution in [0.15, 0.2) is 12.7 Å². The molecule has 0 fully saturated rings. The summed E-state index contributed by atoms with van der Waals surface area (Å²) < 4.78 is 8.88. The molecule has 0 spiro atoms. The average molecular weight is 170 g/mol. The van der Waals surface area contributed by atoms with Gasteiger partial charge in [-0.25, -0.2) is 4.57 Å². The fourth-order valence-electron chi connectivity index (χ4n) is 0.0913. The molecule has 0 heterocycles. The predicted molar refractivity (Wildman–Crippen MR) is 36.2 cm³/mol. The van der Waals surface area contributed by atoms with Gasteiger partial charge >= 0.3 is 7.82 Å². The van der Waals surface area contributed by atoms with Crippen LogP contribution in [0.5, 0.6) is 0 Å². The maximum Gasteiger partial charge on any atom is 0.466 e. The Morgan fingerprint density at radius 1 is 1.40 bits per heavy atom. The molecule has 0 atom stereocenters. The number of aliphatic hydroxyl groups is 1. The SMILES string of the molecule is C=CCCO.O=P(O)(O)O. The highest BCUT2D eigenvalue weighted by molar-refractivity contribution is 7.45. The van der Waals surface area contributed by atoms with E-state index in [9.17, 15) is 0 Å². The zero-order valence-electron chi connectivity index (χ0n) is 5.34. The molecule has 0 rings (SSSR count). The number of rotatable bonds is 2. The molecule has 5 nitrogen and oxygen atoms in total. The molecule has 4 N–H and O–H groups in total. The second kappa shape index (κ2) is 6.92. The maximum atomic E-state index is 8.88. The highest BCUT2D eigenvalue weighted by atomic mass is 31.2. The molecule has 6 heteroatoms. The molecule has 0 aliphatic carbocycles. The van der Waals surface area contributed by atoms with Gasteiger partial charge in [0.25, 0.3) is 0 Å². The van der Waals surface area contributed by atoms with Crippen molar-refractivity contribution >= 4 is 7.82 Å². The third-order valence-electron chi connectivity index (χ3n) is 0.333. The van der Waals surface area contributed by atoms with Gasteiger partial charge in [-0.15, -0.1) is 6.58 Å². The molecule has 0 radical (unpaired) electrons. The van der Waals surface area contributed by atoms with Crippen molar-refractivity contribution in [1.29, 1.82) is 0 Å². The van der Waals surface area contributed by atoms with Crippen LogP contribution in [-0.2, 0) is 4.57 Å². The molecule has 0 amide bonds. The van der Waals surface area contributed by atoms with Crippen molar-refractivity contribution in [2.75, 3.05) is 6.61 Å². The summed E-state index contributed by atoms with van der Waals surface area (Å²) in [6.45, 7) is 3.62. The van der Waals surface area contributed by atoms with Crippen LogP contribution >= 0.6 is 7.82 Å². The minimum absolute atomic E-state index is 0.226. The molecule has 0 aromatic heterocycles. The van der Waals surface area contributed by atoms with Crippen molar-refractivity contribution in [3.05, 3.63) is 12.7 Å². The summed E-state index contributed by atoms with van der Waals surface area (Å²) in [7, 11) is -4.64. The van der Waals surface area contributed by atoms with E-state index in [-0.39, 0.29) is 6.61 Å². The Balaban J connectivity index is 0. The maximum absolute atomic E-state index is 8.88. The molecule has 0 unspecified atom stereocenters. The Morgan fingerprint density at radius 3 is 1.70 bits per heavy atom. The van der Waals surface area contributed by atoms with Crippen LogP contribution in [0.1, 0.15) is 6.42 Å². The Kier molecular flexibility index (Phi) is 8.64. The van der Waals surface area contributed by atoms with Crippen molar-refractivity contribution in [1.82, 2.24) is 0 Å². The molecular formula is C4H11O5P. The van der Waals surface area contributed by atoms with Crippen LogP contribution in [0, 0.1) is 0 Å². The first kappa shape index (κ1) is 12.5. The number of hydrogen-bond acceptors (Lipinski definition) is 2. The molecule has 0 aromatic rings. The van der Waals surface area contributed by atoms with Crippen molar-refractivity contribution in [2.45, 2.75) is 6.42 Å². The van der Waals surface area contributed by atoms with E-state index in [0.29, 0.717) is 6.42 Å². The van der Waals surface area contributed by atoms with Crippen LogP contribution < -0.4 is 0 Å². The normalized spacial score (nSPS) is 9.60. The van der Waals surface area contributed by atoms with Gasteiger partial charge in [0, 0.05) is 6.61 Å². The molecule has 0 aliphatic heterocycles. The Labute approximate surface area is 58.9 Å². The molecule has 0 aliphatic rings. The minimum atomic E-state index is -4.64.